The monoisotopic (exact) mass is 476 g/mol. The number of halogens is 1. The lowest BCUT2D eigenvalue weighted by Crippen LogP contribution is -2.39. The molecule has 1 N–H and O–H groups in total. The Kier molecular flexibility index (Phi) is 7.50. The first-order valence-corrected chi connectivity index (χ1v) is 11.4. The van der Waals surface area contributed by atoms with E-state index in [1.54, 1.807) is 41.3 Å². The van der Waals surface area contributed by atoms with E-state index in [1.165, 1.54) is 11.6 Å². The molecule has 3 aromatic rings. The van der Waals surface area contributed by atoms with Gasteiger partial charge in [0.2, 0.25) is 5.91 Å². The number of fused-ring (bicyclic) bond motifs is 1. The van der Waals surface area contributed by atoms with Crippen molar-refractivity contribution in [2.45, 2.75) is 13.3 Å². The van der Waals surface area contributed by atoms with E-state index in [1.807, 2.05) is 43.3 Å². The van der Waals surface area contributed by atoms with Crippen molar-refractivity contribution in [1.29, 1.82) is 0 Å². The number of anilines is 2. The Morgan fingerprint density at radius 3 is 2.65 bits per heavy atom. The van der Waals surface area contributed by atoms with Crippen LogP contribution in [0.1, 0.15) is 17.5 Å². The molecule has 0 unspecified atom stereocenters. The first-order valence-electron chi connectivity index (χ1n) is 11.0. The van der Waals surface area contributed by atoms with Crippen molar-refractivity contribution >= 4 is 40.9 Å². The molecule has 3 aromatic carbocycles. The lowest BCUT2D eigenvalue weighted by atomic mass is 10.2. The van der Waals surface area contributed by atoms with Crippen molar-refractivity contribution in [3.05, 3.63) is 89.0 Å². The molecule has 1 aliphatic rings. The number of rotatable bonds is 8. The van der Waals surface area contributed by atoms with Gasteiger partial charge in [-0.3, -0.25) is 9.59 Å². The van der Waals surface area contributed by atoms with Crippen LogP contribution in [0, 0.1) is 6.92 Å². The third-order valence-corrected chi connectivity index (χ3v) is 5.53. The van der Waals surface area contributed by atoms with Gasteiger partial charge in [0.1, 0.15) is 11.5 Å². The van der Waals surface area contributed by atoms with Crippen LogP contribution in [0.5, 0.6) is 11.5 Å². The zero-order valence-electron chi connectivity index (χ0n) is 18.8. The van der Waals surface area contributed by atoms with E-state index < -0.39 is 0 Å². The van der Waals surface area contributed by atoms with E-state index in [0.29, 0.717) is 41.7 Å². The number of aryl methyl sites for hydroxylation is 1. The maximum absolute atomic E-state index is 12.5. The van der Waals surface area contributed by atoms with Gasteiger partial charge in [-0.1, -0.05) is 41.4 Å². The summed E-state index contributed by atoms with van der Waals surface area (Å²) < 4.78 is 11.3. The van der Waals surface area contributed by atoms with Gasteiger partial charge < -0.3 is 19.7 Å². The molecule has 1 aliphatic heterocycles. The Morgan fingerprint density at radius 1 is 1.12 bits per heavy atom. The van der Waals surface area contributed by atoms with Crippen LogP contribution in [0.25, 0.3) is 6.08 Å². The fraction of sp³-hybridized carbons (Fsp3) is 0.185. The summed E-state index contributed by atoms with van der Waals surface area (Å²) in [5, 5.41) is 3.47. The summed E-state index contributed by atoms with van der Waals surface area (Å²) in [7, 11) is 0. The van der Waals surface area contributed by atoms with Crippen LogP contribution >= 0.6 is 11.6 Å². The second-order valence-electron chi connectivity index (χ2n) is 7.91. The van der Waals surface area contributed by atoms with E-state index in [4.69, 9.17) is 21.1 Å². The summed E-state index contributed by atoms with van der Waals surface area (Å²) in [6.07, 6.45) is 3.81. The molecule has 0 fully saturated rings. The van der Waals surface area contributed by atoms with Crippen molar-refractivity contribution in [2.24, 2.45) is 0 Å². The lowest BCUT2D eigenvalue weighted by Gasteiger charge is -2.29. The topological polar surface area (TPSA) is 67.9 Å². The molecule has 7 heteroatoms. The van der Waals surface area contributed by atoms with Gasteiger partial charge in [-0.05, 0) is 67.4 Å². The zero-order valence-corrected chi connectivity index (χ0v) is 19.5. The highest BCUT2D eigenvalue weighted by atomic mass is 35.5. The summed E-state index contributed by atoms with van der Waals surface area (Å²) in [6, 6.07) is 20.3. The van der Waals surface area contributed by atoms with Gasteiger partial charge in [-0.2, -0.15) is 0 Å². The van der Waals surface area contributed by atoms with Gasteiger partial charge in [-0.25, -0.2) is 0 Å². The Hall–Kier alpha value is -3.77. The van der Waals surface area contributed by atoms with E-state index in [-0.39, 0.29) is 18.4 Å². The Bertz CT molecular complexity index is 1190. The molecule has 0 bridgehead atoms. The zero-order chi connectivity index (χ0) is 23.9. The first-order chi connectivity index (χ1) is 16.5. The molecule has 0 saturated carbocycles. The van der Waals surface area contributed by atoms with Crippen LogP contribution < -0.4 is 19.7 Å². The van der Waals surface area contributed by atoms with E-state index in [0.717, 1.165) is 11.3 Å². The average molecular weight is 477 g/mol. The molecule has 4 rings (SSSR count). The fourth-order valence-electron chi connectivity index (χ4n) is 3.50. The predicted octanol–water partition coefficient (Wildman–Crippen LogP) is 5.49. The van der Waals surface area contributed by atoms with Crippen LogP contribution in [-0.4, -0.2) is 31.6 Å². The van der Waals surface area contributed by atoms with Crippen LogP contribution in [0.2, 0.25) is 5.02 Å². The molecule has 34 heavy (non-hydrogen) atoms. The quantitative estimate of drug-likeness (QED) is 0.344. The van der Waals surface area contributed by atoms with Gasteiger partial charge in [-0.15, -0.1) is 0 Å². The van der Waals surface area contributed by atoms with Crippen LogP contribution in [0.4, 0.5) is 11.4 Å². The number of benzene rings is 3. The summed E-state index contributed by atoms with van der Waals surface area (Å²) in [4.78, 5) is 26.6. The van der Waals surface area contributed by atoms with Crippen LogP contribution in [-0.2, 0) is 9.59 Å². The number of nitrogens with one attached hydrogen (secondary N) is 1. The van der Waals surface area contributed by atoms with Crippen molar-refractivity contribution in [2.75, 3.05) is 30.0 Å². The van der Waals surface area contributed by atoms with Crippen molar-refractivity contribution in [3.63, 3.8) is 0 Å². The smallest absolute Gasteiger partial charge is 0.265 e. The minimum absolute atomic E-state index is 0.0125. The molecule has 0 spiro atoms. The normalized spacial score (nSPS) is 12.9. The molecule has 0 radical (unpaired) electrons. The van der Waals surface area contributed by atoms with Crippen molar-refractivity contribution < 1.29 is 19.1 Å². The standard InChI is InChI=1S/C27H25ClN2O4/c1-19-3-11-23(12-4-19)33-16-2-15-30-24-17-22(10-13-25(24)34-18-27(30)32)29-26(31)14-7-20-5-8-21(28)9-6-20/h3-14,17H,2,15-16,18H2,1H3,(H,29,31)/b14-7+. The van der Waals surface area contributed by atoms with Gasteiger partial charge in [0.05, 0.1) is 12.3 Å². The van der Waals surface area contributed by atoms with Crippen LogP contribution in [0.15, 0.2) is 72.8 Å². The van der Waals surface area contributed by atoms with Gasteiger partial charge >= 0.3 is 0 Å². The third kappa shape index (κ3) is 6.17. The van der Waals surface area contributed by atoms with Gasteiger partial charge in [0.25, 0.3) is 5.91 Å². The average Bonchev–Trinajstić information content (AvgIpc) is 2.83. The summed E-state index contributed by atoms with van der Waals surface area (Å²) >= 11 is 5.89. The second-order valence-corrected chi connectivity index (χ2v) is 8.34. The largest absolute Gasteiger partial charge is 0.494 e. The van der Waals surface area contributed by atoms with Gasteiger partial charge in [0.15, 0.2) is 6.61 Å². The lowest BCUT2D eigenvalue weighted by molar-refractivity contribution is -0.121. The molecule has 0 aromatic heterocycles. The Morgan fingerprint density at radius 2 is 1.88 bits per heavy atom. The highest BCUT2D eigenvalue weighted by molar-refractivity contribution is 6.30. The second kappa shape index (κ2) is 10.9. The first kappa shape index (κ1) is 23.4. The minimum Gasteiger partial charge on any atom is -0.494 e. The highest BCUT2D eigenvalue weighted by Crippen LogP contribution is 2.34. The number of amides is 2. The number of hydrogen-bond acceptors (Lipinski definition) is 4. The Labute approximate surface area is 203 Å². The molecular weight excluding hydrogens is 452 g/mol. The highest BCUT2D eigenvalue weighted by Gasteiger charge is 2.25. The molecule has 174 valence electrons. The fourth-order valence-corrected chi connectivity index (χ4v) is 3.63. The molecule has 2 amide bonds. The minimum atomic E-state index is -0.281. The maximum Gasteiger partial charge on any atom is 0.265 e. The summed E-state index contributed by atoms with van der Waals surface area (Å²) in [5.41, 5.74) is 3.24. The third-order valence-electron chi connectivity index (χ3n) is 5.28. The van der Waals surface area contributed by atoms with Crippen molar-refractivity contribution in [3.8, 4) is 11.5 Å². The summed E-state index contributed by atoms with van der Waals surface area (Å²) in [5.74, 6) is 0.995. The molecule has 1 heterocycles. The maximum atomic E-state index is 12.5. The number of carbonyl (C=O) groups is 2. The summed E-state index contributed by atoms with van der Waals surface area (Å²) in [6.45, 7) is 2.98. The molecule has 6 nitrogen and oxygen atoms in total. The number of nitrogens with zero attached hydrogens (tertiary/aromatic N) is 1. The van der Waals surface area contributed by atoms with E-state index in [9.17, 15) is 9.59 Å². The van der Waals surface area contributed by atoms with E-state index >= 15 is 0 Å². The molecule has 0 atom stereocenters. The molecular formula is C27H25ClN2O4. The predicted molar refractivity (Wildman–Crippen MR) is 135 cm³/mol. The van der Waals surface area contributed by atoms with E-state index in [2.05, 4.69) is 5.32 Å². The van der Waals surface area contributed by atoms with Gasteiger partial charge in [0, 0.05) is 23.3 Å². The number of carbonyl (C=O) groups excluding carboxylic acids is 2. The van der Waals surface area contributed by atoms with Crippen molar-refractivity contribution in [1.82, 2.24) is 0 Å². The molecule has 0 saturated heterocycles. The Balaban J connectivity index is 1.37. The van der Waals surface area contributed by atoms with Crippen LogP contribution in [0.3, 0.4) is 0 Å². The SMILES string of the molecule is Cc1ccc(OCCCN2C(=O)COc3ccc(NC(=O)/C=C/c4ccc(Cl)cc4)cc32)cc1. The molecule has 0 aliphatic carbocycles. The number of hydrogen-bond donors (Lipinski definition) is 1. The number of ether oxygens (including phenoxy) is 2.